The smallest absolute Gasteiger partial charge is 0.416 e. The fourth-order valence-electron chi connectivity index (χ4n) is 1.47. The molecule has 0 amide bonds. The predicted octanol–water partition coefficient (Wildman–Crippen LogP) is 1.34. The number of alkyl halides is 3. The number of aliphatic carboxylic acids is 2. The molecule has 9 heteroatoms. The zero-order chi connectivity index (χ0) is 16.2. The Labute approximate surface area is 116 Å². The van der Waals surface area contributed by atoms with Crippen LogP contribution in [0.2, 0.25) is 0 Å². The molecule has 0 bridgehead atoms. The van der Waals surface area contributed by atoms with Gasteiger partial charge in [-0.25, -0.2) is 0 Å². The molecule has 1 unspecified atom stereocenters. The number of carboxylic acids is 2. The molecule has 6 nitrogen and oxygen atoms in total. The van der Waals surface area contributed by atoms with Crippen LogP contribution in [-0.2, 0) is 15.8 Å². The molecule has 0 heterocycles. The van der Waals surface area contributed by atoms with Crippen molar-refractivity contribution in [3.8, 4) is 5.75 Å². The number of hydrogen-bond acceptors (Lipinski definition) is 4. The van der Waals surface area contributed by atoms with Gasteiger partial charge in [0.15, 0.2) is 0 Å². The molecule has 0 spiro atoms. The summed E-state index contributed by atoms with van der Waals surface area (Å²) in [4.78, 5) is 21.4. The number of carbonyl (C=O) groups is 2. The third kappa shape index (κ3) is 4.95. The van der Waals surface area contributed by atoms with Gasteiger partial charge in [0, 0.05) is 0 Å². The van der Waals surface area contributed by atoms with E-state index in [0.717, 1.165) is 24.3 Å². The Morgan fingerprint density at radius 2 is 1.71 bits per heavy atom. The summed E-state index contributed by atoms with van der Waals surface area (Å²) in [5, 5.41) is 17.4. The Kier molecular flexibility index (Phi) is 5.14. The van der Waals surface area contributed by atoms with Crippen molar-refractivity contribution in [2.45, 2.75) is 24.7 Å². The number of nitrogens with two attached hydrogens (primary N) is 1. The second-order valence-electron chi connectivity index (χ2n) is 4.14. The van der Waals surface area contributed by atoms with Crippen LogP contribution in [0.25, 0.3) is 0 Å². The fourth-order valence-corrected chi connectivity index (χ4v) is 1.47. The second-order valence-corrected chi connectivity index (χ2v) is 4.14. The molecule has 4 N–H and O–H groups in total. The number of hydrogen-bond donors (Lipinski definition) is 3. The molecule has 1 rings (SSSR count). The molecule has 0 aliphatic carbocycles. The van der Waals surface area contributed by atoms with Crippen molar-refractivity contribution in [3.05, 3.63) is 29.8 Å². The minimum atomic E-state index is -4.52. The summed E-state index contributed by atoms with van der Waals surface area (Å²) in [5.41, 5.74) is 4.38. The van der Waals surface area contributed by atoms with Crippen molar-refractivity contribution < 1.29 is 37.7 Å². The van der Waals surface area contributed by atoms with E-state index in [-0.39, 0.29) is 5.75 Å². The van der Waals surface area contributed by atoms with E-state index >= 15 is 0 Å². The minimum Gasteiger partial charge on any atom is -0.488 e. The first kappa shape index (κ1) is 16.8. The SMILES string of the molecule is N[C@H](C(=O)O)C(CC(=O)O)Oc1ccc(C(F)(F)F)cc1. The van der Waals surface area contributed by atoms with Crippen LogP contribution < -0.4 is 10.5 Å². The lowest BCUT2D eigenvalue weighted by molar-refractivity contribution is -0.143. The summed E-state index contributed by atoms with van der Waals surface area (Å²) >= 11 is 0. The Bertz CT molecular complexity index is 515. The highest BCUT2D eigenvalue weighted by molar-refractivity contribution is 5.76. The summed E-state index contributed by atoms with van der Waals surface area (Å²) in [6.45, 7) is 0. The van der Waals surface area contributed by atoms with Gasteiger partial charge in [-0.3, -0.25) is 9.59 Å². The topological polar surface area (TPSA) is 110 Å². The molecule has 0 aliphatic rings. The maximum atomic E-state index is 12.4. The highest BCUT2D eigenvalue weighted by Gasteiger charge is 2.31. The van der Waals surface area contributed by atoms with E-state index in [1.165, 1.54) is 0 Å². The van der Waals surface area contributed by atoms with Gasteiger partial charge < -0.3 is 20.7 Å². The van der Waals surface area contributed by atoms with Crippen LogP contribution in [0.4, 0.5) is 13.2 Å². The molecule has 0 saturated heterocycles. The van der Waals surface area contributed by atoms with E-state index in [0.29, 0.717) is 0 Å². The molecule has 2 atom stereocenters. The molecule has 0 aromatic heterocycles. The molecule has 0 radical (unpaired) electrons. The largest absolute Gasteiger partial charge is 0.488 e. The molecule has 1 aromatic rings. The van der Waals surface area contributed by atoms with Gasteiger partial charge in [-0.05, 0) is 24.3 Å². The summed E-state index contributed by atoms with van der Waals surface area (Å²) in [5.74, 6) is -2.93. The van der Waals surface area contributed by atoms with Crippen molar-refractivity contribution in [3.63, 3.8) is 0 Å². The maximum absolute atomic E-state index is 12.4. The van der Waals surface area contributed by atoms with Gasteiger partial charge in [0.25, 0.3) is 0 Å². The van der Waals surface area contributed by atoms with Gasteiger partial charge in [-0.2, -0.15) is 13.2 Å². The quantitative estimate of drug-likeness (QED) is 0.731. The first-order valence-electron chi connectivity index (χ1n) is 5.65. The van der Waals surface area contributed by atoms with Crippen molar-refractivity contribution >= 4 is 11.9 Å². The first-order valence-corrected chi connectivity index (χ1v) is 5.65. The normalized spacial score (nSPS) is 14.3. The lowest BCUT2D eigenvalue weighted by Gasteiger charge is -2.21. The van der Waals surface area contributed by atoms with E-state index in [2.05, 4.69) is 0 Å². The van der Waals surface area contributed by atoms with E-state index in [1.54, 1.807) is 0 Å². The van der Waals surface area contributed by atoms with E-state index in [4.69, 9.17) is 20.7 Å². The molecule has 116 valence electrons. The van der Waals surface area contributed by atoms with Gasteiger partial charge in [-0.1, -0.05) is 0 Å². The van der Waals surface area contributed by atoms with E-state index in [1.807, 2.05) is 0 Å². The molecule has 1 aromatic carbocycles. The van der Waals surface area contributed by atoms with Gasteiger partial charge in [0.1, 0.15) is 17.9 Å². The van der Waals surface area contributed by atoms with E-state index < -0.39 is 42.2 Å². The third-order valence-corrected chi connectivity index (χ3v) is 2.53. The van der Waals surface area contributed by atoms with Gasteiger partial charge >= 0.3 is 18.1 Å². The van der Waals surface area contributed by atoms with Crippen LogP contribution in [0.15, 0.2) is 24.3 Å². The Balaban J connectivity index is 2.88. The number of rotatable bonds is 6. The average Bonchev–Trinajstić information content (AvgIpc) is 2.36. The number of halogens is 3. The number of benzene rings is 1. The van der Waals surface area contributed by atoms with E-state index in [9.17, 15) is 22.8 Å². The average molecular weight is 307 g/mol. The predicted molar refractivity (Wildman–Crippen MR) is 63.7 cm³/mol. The lowest BCUT2D eigenvalue weighted by Crippen LogP contribution is -2.46. The lowest BCUT2D eigenvalue weighted by atomic mass is 10.1. The summed E-state index contributed by atoms with van der Waals surface area (Å²) in [6, 6.07) is 1.78. The van der Waals surface area contributed by atoms with Crippen LogP contribution in [-0.4, -0.2) is 34.3 Å². The Morgan fingerprint density at radius 1 is 1.19 bits per heavy atom. The van der Waals surface area contributed by atoms with Crippen LogP contribution >= 0.6 is 0 Å². The van der Waals surface area contributed by atoms with Crippen molar-refractivity contribution in [2.24, 2.45) is 5.73 Å². The van der Waals surface area contributed by atoms with Gasteiger partial charge in [0.2, 0.25) is 0 Å². The highest BCUT2D eigenvalue weighted by Crippen LogP contribution is 2.30. The Hall–Kier alpha value is -2.29. The summed E-state index contributed by atoms with van der Waals surface area (Å²) < 4.78 is 42.2. The minimum absolute atomic E-state index is 0.106. The molecular formula is C12H12F3NO5. The third-order valence-electron chi connectivity index (χ3n) is 2.53. The Morgan fingerprint density at radius 3 is 2.10 bits per heavy atom. The highest BCUT2D eigenvalue weighted by atomic mass is 19.4. The van der Waals surface area contributed by atoms with Crippen LogP contribution in [0.5, 0.6) is 5.75 Å². The van der Waals surface area contributed by atoms with Gasteiger partial charge in [-0.15, -0.1) is 0 Å². The standard InChI is InChI=1S/C12H12F3NO5/c13-12(14,15)6-1-3-7(4-2-6)21-8(5-9(17)18)10(16)11(19)20/h1-4,8,10H,5,16H2,(H,17,18)(H,19,20)/t8?,10-/m0/s1. The fraction of sp³-hybridized carbons (Fsp3) is 0.333. The molecule has 0 aliphatic heterocycles. The zero-order valence-corrected chi connectivity index (χ0v) is 10.5. The molecule has 21 heavy (non-hydrogen) atoms. The number of ether oxygens (including phenoxy) is 1. The second kappa shape index (κ2) is 6.44. The molecule has 0 fully saturated rings. The molecule has 0 saturated carbocycles. The zero-order valence-electron chi connectivity index (χ0n) is 10.5. The summed E-state index contributed by atoms with van der Waals surface area (Å²) in [6.07, 6.45) is -6.62. The monoisotopic (exact) mass is 307 g/mol. The van der Waals surface area contributed by atoms with Crippen molar-refractivity contribution in [2.75, 3.05) is 0 Å². The first-order chi connectivity index (χ1) is 9.61. The van der Waals surface area contributed by atoms with Crippen molar-refractivity contribution in [1.82, 2.24) is 0 Å². The van der Waals surface area contributed by atoms with Crippen LogP contribution in [0.3, 0.4) is 0 Å². The molecular weight excluding hydrogens is 295 g/mol. The van der Waals surface area contributed by atoms with Crippen LogP contribution in [0.1, 0.15) is 12.0 Å². The van der Waals surface area contributed by atoms with Gasteiger partial charge in [0.05, 0.1) is 12.0 Å². The number of carboxylic acid groups (broad SMARTS) is 2. The van der Waals surface area contributed by atoms with Crippen molar-refractivity contribution in [1.29, 1.82) is 0 Å². The maximum Gasteiger partial charge on any atom is 0.416 e. The van der Waals surface area contributed by atoms with Crippen LogP contribution in [0, 0.1) is 0 Å². The summed E-state index contributed by atoms with van der Waals surface area (Å²) in [7, 11) is 0.